The lowest BCUT2D eigenvalue weighted by Crippen LogP contribution is -2.11. The minimum Gasteiger partial charge on any atom is -0.465 e. The summed E-state index contributed by atoms with van der Waals surface area (Å²) in [6, 6.07) is 7.58. The molecule has 0 heterocycles. The van der Waals surface area contributed by atoms with Gasteiger partial charge in [0.05, 0.1) is 12.7 Å². The smallest absolute Gasteiger partial charge is 0.337 e. The van der Waals surface area contributed by atoms with Gasteiger partial charge in [-0.25, -0.2) is 4.79 Å². The molecule has 0 saturated heterocycles. The Kier molecular flexibility index (Phi) is 6.42. The van der Waals surface area contributed by atoms with Gasteiger partial charge in [0.2, 0.25) is 0 Å². The first-order chi connectivity index (χ1) is 9.06. The molecule has 0 fully saturated rings. The van der Waals surface area contributed by atoms with Gasteiger partial charge in [-0.3, -0.25) is 4.99 Å². The fourth-order valence-electron chi connectivity index (χ4n) is 1.41. The van der Waals surface area contributed by atoms with E-state index >= 15 is 0 Å². The van der Waals surface area contributed by atoms with Gasteiger partial charge in [-0.05, 0) is 31.0 Å². The molecule has 2 N–H and O–H groups in total. The Hall–Kier alpha value is -1.49. The normalized spacial score (nSPS) is 13.1. The summed E-state index contributed by atoms with van der Waals surface area (Å²) in [7, 11) is 1.38. The van der Waals surface area contributed by atoms with Crippen LogP contribution in [0, 0.1) is 0 Å². The standard InChI is InChI=1S/C14H20N2O2S/c1-4-10(2)16-14(15)19-9-11-6-5-7-12(8-11)13(17)18-3/h5-8,10H,4,9H2,1-3H3,(H2,15,16)/t10-/m0/s1. The average molecular weight is 280 g/mol. The summed E-state index contributed by atoms with van der Waals surface area (Å²) in [6.07, 6.45) is 0.971. The number of nitrogens with zero attached hydrogens (tertiary/aromatic N) is 1. The third-order valence-electron chi connectivity index (χ3n) is 2.67. The second-order valence-electron chi connectivity index (χ2n) is 4.21. The summed E-state index contributed by atoms with van der Waals surface area (Å²) < 4.78 is 4.69. The molecule has 0 radical (unpaired) electrons. The maximum atomic E-state index is 11.4. The van der Waals surface area contributed by atoms with Crippen molar-refractivity contribution in [2.24, 2.45) is 10.7 Å². The van der Waals surface area contributed by atoms with Gasteiger partial charge in [0.1, 0.15) is 0 Å². The summed E-state index contributed by atoms with van der Waals surface area (Å²) in [5, 5.41) is 0.581. The molecular weight excluding hydrogens is 260 g/mol. The van der Waals surface area contributed by atoms with E-state index in [-0.39, 0.29) is 12.0 Å². The molecule has 1 atom stereocenters. The van der Waals surface area contributed by atoms with Gasteiger partial charge in [-0.15, -0.1) is 0 Å². The van der Waals surface area contributed by atoms with Crippen molar-refractivity contribution in [3.63, 3.8) is 0 Å². The number of thioether (sulfide) groups is 1. The zero-order valence-corrected chi connectivity index (χ0v) is 12.4. The Labute approximate surface area is 118 Å². The molecule has 1 aromatic carbocycles. The Morgan fingerprint density at radius 3 is 2.89 bits per heavy atom. The van der Waals surface area contributed by atoms with Gasteiger partial charge >= 0.3 is 5.97 Å². The monoisotopic (exact) mass is 280 g/mol. The molecule has 104 valence electrons. The van der Waals surface area contributed by atoms with Gasteiger partial charge in [-0.1, -0.05) is 30.8 Å². The molecule has 0 bridgehead atoms. The largest absolute Gasteiger partial charge is 0.465 e. The van der Waals surface area contributed by atoms with Gasteiger partial charge in [-0.2, -0.15) is 0 Å². The minimum absolute atomic E-state index is 0.244. The Morgan fingerprint density at radius 2 is 2.26 bits per heavy atom. The van der Waals surface area contributed by atoms with Gasteiger partial charge in [0.15, 0.2) is 5.17 Å². The van der Waals surface area contributed by atoms with Crippen LogP contribution in [-0.2, 0) is 10.5 Å². The zero-order valence-electron chi connectivity index (χ0n) is 11.6. The van der Waals surface area contributed by atoms with Gasteiger partial charge < -0.3 is 10.5 Å². The molecule has 0 amide bonds. The van der Waals surface area contributed by atoms with Crippen LogP contribution < -0.4 is 5.73 Å². The zero-order chi connectivity index (χ0) is 14.3. The SMILES string of the molecule is CC[C@H](C)N=C(N)SCc1cccc(C(=O)OC)c1. The number of aliphatic imine (C=N–C) groups is 1. The number of carbonyl (C=O) groups excluding carboxylic acids is 1. The number of rotatable bonds is 5. The van der Waals surface area contributed by atoms with Crippen LogP contribution in [0.5, 0.6) is 0 Å². The quantitative estimate of drug-likeness (QED) is 0.512. The molecule has 0 spiro atoms. The lowest BCUT2D eigenvalue weighted by molar-refractivity contribution is 0.0600. The molecule has 0 aromatic heterocycles. The van der Waals surface area contributed by atoms with E-state index in [9.17, 15) is 4.79 Å². The molecule has 4 nitrogen and oxygen atoms in total. The van der Waals surface area contributed by atoms with E-state index in [4.69, 9.17) is 5.73 Å². The fraction of sp³-hybridized carbons (Fsp3) is 0.429. The van der Waals surface area contributed by atoms with Crippen molar-refractivity contribution in [3.05, 3.63) is 35.4 Å². The Morgan fingerprint density at radius 1 is 1.53 bits per heavy atom. The number of benzene rings is 1. The summed E-state index contributed by atoms with van der Waals surface area (Å²) >= 11 is 1.48. The van der Waals surface area contributed by atoms with E-state index in [2.05, 4.69) is 16.7 Å². The third-order valence-corrected chi connectivity index (χ3v) is 3.55. The summed E-state index contributed by atoms with van der Waals surface area (Å²) in [5.74, 6) is 0.365. The third kappa shape index (κ3) is 5.34. The first-order valence-electron chi connectivity index (χ1n) is 6.20. The molecule has 0 unspecified atom stereocenters. The van der Waals surface area contributed by atoms with E-state index in [1.54, 1.807) is 6.07 Å². The van der Waals surface area contributed by atoms with Gasteiger partial charge in [0, 0.05) is 11.8 Å². The van der Waals surface area contributed by atoms with E-state index < -0.39 is 0 Å². The van der Waals surface area contributed by atoms with Crippen molar-refractivity contribution in [1.29, 1.82) is 0 Å². The van der Waals surface area contributed by atoms with E-state index in [0.29, 0.717) is 16.5 Å². The topological polar surface area (TPSA) is 64.7 Å². The number of hydrogen-bond donors (Lipinski definition) is 1. The highest BCUT2D eigenvalue weighted by Crippen LogP contribution is 2.15. The number of hydrogen-bond acceptors (Lipinski definition) is 4. The maximum absolute atomic E-state index is 11.4. The highest BCUT2D eigenvalue weighted by atomic mass is 32.2. The molecule has 1 aromatic rings. The Balaban J connectivity index is 2.63. The van der Waals surface area contributed by atoms with Crippen LogP contribution in [0.3, 0.4) is 0 Å². The van der Waals surface area contributed by atoms with Crippen molar-refractivity contribution in [2.45, 2.75) is 32.1 Å². The van der Waals surface area contributed by atoms with Crippen LogP contribution in [0.1, 0.15) is 36.2 Å². The van der Waals surface area contributed by atoms with Crippen molar-refractivity contribution in [2.75, 3.05) is 7.11 Å². The summed E-state index contributed by atoms with van der Waals surface area (Å²) in [5.41, 5.74) is 7.42. The minimum atomic E-state index is -0.326. The fourth-order valence-corrected chi connectivity index (χ4v) is 2.16. The van der Waals surface area contributed by atoms with E-state index in [1.165, 1.54) is 18.9 Å². The Bertz CT molecular complexity index is 461. The molecule has 0 saturated carbocycles. The number of amidine groups is 1. The lowest BCUT2D eigenvalue weighted by atomic mass is 10.1. The summed E-state index contributed by atoms with van der Waals surface area (Å²) in [4.78, 5) is 15.8. The average Bonchev–Trinajstić information content (AvgIpc) is 2.44. The van der Waals surface area contributed by atoms with E-state index in [1.807, 2.05) is 25.1 Å². The molecule has 0 aliphatic carbocycles. The predicted octanol–water partition coefficient (Wildman–Crippen LogP) is 2.82. The second-order valence-corrected chi connectivity index (χ2v) is 5.20. The van der Waals surface area contributed by atoms with Crippen LogP contribution in [0.25, 0.3) is 0 Å². The number of methoxy groups -OCH3 is 1. The predicted molar refractivity (Wildman–Crippen MR) is 80.5 cm³/mol. The van der Waals surface area contributed by atoms with Gasteiger partial charge in [0.25, 0.3) is 0 Å². The van der Waals surface area contributed by atoms with Crippen LogP contribution in [0.2, 0.25) is 0 Å². The first kappa shape index (κ1) is 15.6. The van der Waals surface area contributed by atoms with Crippen LogP contribution in [-0.4, -0.2) is 24.3 Å². The summed E-state index contributed by atoms with van der Waals surface area (Å²) in [6.45, 7) is 4.11. The highest BCUT2D eigenvalue weighted by molar-refractivity contribution is 8.13. The first-order valence-corrected chi connectivity index (χ1v) is 7.18. The maximum Gasteiger partial charge on any atom is 0.337 e. The van der Waals surface area contributed by atoms with E-state index in [0.717, 1.165) is 12.0 Å². The molecule has 0 aliphatic heterocycles. The number of ether oxygens (including phenoxy) is 1. The number of carbonyl (C=O) groups is 1. The van der Waals surface area contributed by atoms with Crippen LogP contribution in [0.15, 0.2) is 29.3 Å². The molecule has 0 aliphatic rings. The number of nitrogens with two attached hydrogens (primary N) is 1. The molecule has 19 heavy (non-hydrogen) atoms. The van der Waals surface area contributed by atoms with Crippen molar-refractivity contribution in [1.82, 2.24) is 0 Å². The van der Waals surface area contributed by atoms with Crippen molar-refractivity contribution in [3.8, 4) is 0 Å². The lowest BCUT2D eigenvalue weighted by Gasteiger charge is -2.06. The highest BCUT2D eigenvalue weighted by Gasteiger charge is 2.06. The second kappa shape index (κ2) is 7.84. The van der Waals surface area contributed by atoms with Crippen molar-refractivity contribution < 1.29 is 9.53 Å². The molecule has 1 rings (SSSR count). The van der Waals surface area contributed by atoms with Crippen LogP contribution >= 0.6 is 11.8 Å². The van der Waals surface area contributed by atoms with Crippen molar-refractivity contribution >= 4 is 22.9 Å². The number of esters is 1. The van der Waals surface area contributed by atoms with Crippen LogP contribution in [0.4, 0.5) is 0 Å². The molecular formula is C14H20N2O2S. The molecule has 5 heteroatoms.